The van der Waals surface area contributed by atoms with E-state index in [9.17, 15) is 0 Å². The molecule has 1 rings (SSSR count). The van der Waals surface area contributed by atoms with Gasteiger partial charge in [0.2, 0.25) is 0 Å². The molecular formula is C6H6BrClMg. The SMILES string of the molecule is Br.[Cl-].[Mg+2].[c-]1ccccc1. The molecular weight excluding hydrogens is 212 g/mol. The van der Waals surface area contributed by atoms with Crippen LogP contribution >= 0.6 is 17.0 Å². The van der Waals surface area contributed by atoms with E-state index < -0.39 is 0 Å². The summed E-state index contributed by atoms with van der Waals surface area (Å²) in [6, 6.07) is 12.5. The van der Waals surface area contributed by atoms with Crippen molar-refractivity contribution in [3.63, 3.8) is 0 Å². The van der Waals surface area contributed by atoms with Crippen LogP contribution in [0.4, 0.5) is 0 Å². The van der Waals surface area contributed by atoms with Gasteiger partial charge in [-0.05, 0) is 0 Å². The van der Waals surface area contributed by atoms with Crippen molar-refractivity contribution in [3.8, 4) is 0 Å². The minimum absolute atomic E-state index is 0. The fourth-order valence-corrected chi connectivity index (χ4v) is 0.342. The van der Waals surface area contributed by atoms with Gasteiger partial charge in [-0.15, -0.1) is 17.0 Å². The Morgan fingerprint density at radius 3 is 1.44 bits per heavy atom. The molecule has 0 amide bonds. The van der Waals surface area contributed by atoms with E-state index in [0.717, 1.165) is 0 Å². The number of hydrogen-bond donors (Lipinski definition) is 0. The topological polar surface area (TPSA) is 0 Å². The number of halogens is 2. The molecule has 0 bridgehead atoms. The minimum Gasteiger partial charge on any atom is -1.00 e. The van der Waals surface area contributed by atoms with E-state index in [0.29, 0.717) is 0 Å². The van der Waals surface area contributed by atoms with Gasteiger partial charge in [0.05, 0.1) is 0 Å². The molecule has 0 spiro atoms. The third kappa shape index (κ3) is 8.76. The van der Waals surface area contributed by atoms with Crippen molar-refractivity contribution >= 4 is 40.0 Å². The zero-order valence-corrected chi connectivity index (χ0v) is 8.76. The molecule has 0 saturated carbocycles. The summed E-state index contributed by atoms with van der Waals surface area (Å²) in [7, 11) is 0. The Kier molecular flexibility index (Phi) is 21.0. The molecule has 0 N–H and O–H groups in total. The van der Waals surface area contributed by atoms with Crippen molar-refractivity contribution in [1.82, 2.24) is 0 Å². The summed E-state index contributed by atoms with van der Waals surface area (Å²) in [4.78, 5) is 0. The first-order valence-electron chi connectivity index (χ1n) is 1.91. The summed E-state index contributed by atoms with van der Waals surface area (Å²) in [6.45, 7) is 0. The van der Waals surface area contributed by atoms with Gasteiger partial charge in [-0.3, -0.25) is 0 Å². The summed E-state index contributed by atoms with van der Waals surface area (Å²) < 4.78 is 0. The standard InChI is InChI=1S/C6H5.BrH.ClH.Mg/c1-2-4-6-5-3-1;;;/h1-5H;2*1H;/q-1;;;+2/p-1. The van der Waals surface area contributed by atoms with Crippen molar-refractivity contribution < 1.29 is 12.4 Å². The molecule has 0 unspecified atom stereocenters. The van der Waals surface area contributed by atoms with Gasteiger partial charge in [-0.2, -0.15) is 36.4 Å². The van der Waals surface area contributed by atoms with Crippen LogP contribution in [0, 0.1) is 6.07 Å². The number of benzene rings is 1. The van der Waals surface area contributed by atoms with E-state index in [-0.39, 0.29) is 52.4 Å². The summed E-state index contributed by atoms with van der Waals surface area (Å²) in [5, 5.41) is 0. The van der Waals surface area contributed by atoms with E-state index in [4.69, 9.17) is 0 Å². The zero-order chi connectivity index (χ0) is 4.24. The predicted molar refractivity (Wildman–Crippen MR) is 41.4 cm³/mol. The Hall–Kier alpha value is 0.756. The summed E-state index contributed by atoms with van der Waals surface area (Å²) in [5.74, 6) is 0. The maximum Gasteiger partial charge on any atom is 2.00 e. The Morgan fingerprint density at radius 1 is 0.889 bits per heavy atom. The van der Waals surface area contributed by atoms with Crippen LogP contribution in [0.3, 0.4) is 0 Å². The molecule has 3 heteroatoms. The maximum atomic E-state index is 2.89. The molecule has 46 valence electrons. The molecule has 0 heterocycles. The van der Waals surface area contributed by atoms with Gasteiger partial charge in [-0.1, -0.05) is 0 Å². The van der Waals surface area contributed by atoms with E-state index in [1.807, 2.05) is 30.3 Å². The molecule has 0 aliphatic heterocycles. The van der Waals surface area contributed by atoms with Gasteiger partial charge in [0.25, 0.3) is 0 Å². The Morgan fingerprint density at radius 2 is 1.33 bits per heavy atom. The van der Waals surface area contributed by atoms with E-state index >= 15 is 0 Å². The van der Waals surface area contributed by atoms with Crippen LogP contribution in [0.2, 0.25) is 0 Å². The van der Waals surface area contributed by atoms with Crippen LogP contribution in [0.15, 0.2) is 30.3 Å². The smallest absolute Gasteiger partial charge is 1.00 e. The molecule has 0 radical (unpaired) electrons. The largest absolute Gasteiger partial charge is 2.00 e. The Balaban J connectivity index is -0.000000120. The first-order valence-corrected chi connectivity index (χ1v) is 1.91. The average molecular weight is 218 g/mol. The first-order chi connectivity index (χ1) is 3.00. The Bertz CT molecular complexity index is 85.0. The monoisotopic (exact) mass is 216 g/mol. The van der Waals surface area contributed by atoms with Crippen LogP contribution in [0.5, 0.6) is 0 Å². The van der Waals surface area contributed by atoms with Gasteiger partial charge in [0.1, 0.15) is 0 Å². The summed E-state index contributed by atoms with van der Waals surface area (Å²) in [6.07, 6.45) is 0. The molecule has 0 atom stereocenters. The molecule has 9 heavy (non-hydrogen) atoms. The zero-order valence-electron chi connectivity index (χ0n) is 4.88. The van der Waals surface area contributed by atoms with Gasteiger partial charge in [0, 0.05) is 0 Å². The number of rotatable bonds is 0. The summed E-state index contributed by atoms with van der Waals surface area (Å²) in [5.41, 5.74) is 0. The quantitative estimate of drug-likeness (QED) is 0.374. The van der Waals surface area contributed by atoms with Crippen LogP contribution < -0.4 is 12.4 Å². The van der Waals surface area contributed by atoms with E-state index in [2.05, 4.69) is 6.07 Å². The molecule has 1 aromatic rings. The van der Waals surface area contributed by atoms with Crippen LogP contribution in [-0.2, 0) is 0 Å². The van der Waals surface area contributed by atoms with Crippen molar-refractivity contribution in [2.24, 2.45) is 0 Å². The fourth-order valence-electron chi connectivity index (χ4n) is 0.342. The molecule has 1 aromatic carbocycles. The Labute approximate surface area is 88.4 Å². The van der Waals surface area contributed by atoms with Crippen molar-refractivity contribution in [2.45, 2.75) is 0 Å². The second kappa shape index (κ2) is 11.5. The minimum atomic E-state index is 0. The molecule has 0 aromatic heterocycles. The van der Waals surface area contributed by atoms with Gasteiger partial charge in [0.15, 0.2) is 0 Å². The molecule has 0 nitrogen and oxygen atoms in total. The second-order valence-electron chi connectivity index (χ2n) is 1.08. The predicted octanol–water partition coefficient (Wildman–Crippen LogP) is -1.31. The van der Waals surface area contributed by atoms with Gasteiger partial charge in [-0.25, -0.2) is 0 Å². The van der Waals surface area contributed by atoms with Crippen LogP contribution in [-0.4, -0.2) is 23.1 Å². The maximum absolute atomic E-state index is 2.89. The molecule has 0 saturated heterocycles. The van der Waals surface area contributed by atoms with Gasteiger partial charge >= 0.3 is 23.1 Å². The van der Waals surface area contributed by atoms with Crippen molar-refractivity contribution in [3.05, 3.63) is 36.4 Å². The normalized spacial score (nSPS) is 5.33. The van der Waals surface area contributed by atoms with E-state index in [1.165, 1.54) is 0 Å². The summed E-state index contributed by atoms with van der Waals surface area (Å²) >= 11 is 0. The molecule has 0 aliphatic rings. The van der Waals surface area contributed by atoms with Crippen LogP contribution in [0.1, 0.15) is 0 Å². The van der Waals surface area contributed by atoms with Crippen molar-refractivity contribution in [2.75, 3.05) is 0 Å². The number of hydrogen-bond acceptors (Lipinski definition) is 0. The van der Waals surface area contributed by atoms with E-state index in [1.54, 1.807) is 0 Å². The average Bonchev–Trinajstić information content (AvgIpc) is 1.72. The van der Waals surface area contributed by atoms with Gasteiger partial charge < -0.3 is 12.4 Å². The first kappa shape index (κ1) is 16.4. The fraction of sp³-hybridized carbons (Fsp3) is 0. The third-order valence-electron chi connectivity index (χ3n) is 0.607. The van der Waals surface area contributed by atoms with Crippen molar-refractivity contribution in [1.29, 1.82) is 0 Å². The molecule has 0 aliphatic carbocycles. The molecule has 0 fully saturated rings. The third-order valence-corrected chi connectivity index (χ3v) is 0.607. The second-order valence-corrected chi connectivity index (χ2v) is 1.08. The van der Waals surface area contributed by atoms with Crippen LogP contribution in [0.25, 0.3) is 0 Å².